The van der Waals surface area contributed by atoms with Gasteiger partial charge in [-0.15, -0.1) is 0 Å². The standard InChI is InChI=1S/C22H20N2O5S/c1-28-21-11-10-18(13-20(21)24-14-22(25)23-30(24,26)27)17-8-5-9-19(12-17)29-15-16-6-3-2-4-7-16/h2-13H,14-15H2,1H3,(H,23,25). The first-order valence-electron chi connectivity index (χ1n) is 9.25. The maximum atomic E-state index is 12.3. The number of methoxy groups -OCH3 is 1. The molecule has 154 valence electrons. The summed E-state index contributed by atoms with van der Waals surface area (Å²) >= 11 is 0. The minimum absolute atomic E-state index is 0.289. The molecule has 0 radical (unpaired) electrons. The van der Waals surface area contributed by atoms with Crippen LogP contribution in [0.1, 0.15) is 5.56 Å². The van der Waals surface area contributed by atoms with E-state index >= 15 is 0 Å². The van der Waals surface area contributed by atoms with E-state index in [0.717, 1.165) is 21.0 Å². The van der Waals surface area contributed by atoms with Crippen LogP contribution in [-0.4, -0.2) is 28.0 Å². The van der Waals surface area contributed by atoms with Crippen molar-refractivity contribution in [2.24, 2.45) is 0 Å². The maximum Gasteiger partial charge on any atom is 0.326 e. The first kappa shape index (κ1) is 19.8. The molecule has 1 fully saturated rings. The average molecular weight is 424 g/mol. The van der Waals surface area contributed by atoms with Crippen molar-refractivity contribution in [3.8, 4) is 22.6 Å². The Labute approximate surface area is 175 Å². The van der Waals surface area contributed by atoms with Gasteiger partial charge in [-0.3, -0.25) is 4.79 Å². The molecule has 0 saturated carbocycles. The molecule has 8 heteroatoms. The van der Waals surface area contributed by atoms with E-state index in [-0.39, 0.29) is 6.54 Å². The van der Waals surface area contributed by atoms with Gasteiger partial charge in [0, 0.05) is 0 Å². The van der Waals surface area contributed by atoms with Crippen LogP contribution in [0.2, 0.25) is 0 Å². The molecule has 0 aromatic heterocycles. The predicted molar refractivity (Wildman–Crippen MR) is 114 cm³/mol. The van der Waals surface area contributed by atoms with Gasteiger partial charge in [-0.05, 0) is 41.0 Å². The van der Waals surface area contributed by atoms with E-state index in [2.05, 4.69) is 0 Å². The molecule has 0 bridgehead atoms. The number of anilines is 1. The molecule has 0 aliphatic carbocycles. The Balaban J connectivity index is 1.64. The first-order chi connectivity index (χ1) is 14.5. The van der Waals surface area contributed by atoms with Crippen LogP contribution in [0.25, 0.3) is 11.1 Å². The highest BCUT2D eigenvalue weighted by Gasteiger charge is 2.35. The molecular formula is C22H20N2O5S. The summed E-state index contributed by atoms with van der Waals surface area (Å²) in [7, 11) is -2.49. The molecule has 0 spiro atoms. The van der Waals surface area contributed by atoms with Crippen molar-refractivity contribution in [2.45, 2.75) is 6.61 Å². The van der Waals surface area contributed by atoms with Crippen LogP contribution in [0, 0.1) is 0 Å². The van der Waals surface area contributed by atoms with Crippen LogP contribution in [0.4, 0.5) is 5.69 Å². The summed E-state index contributed by atoms with van der Waals surface area (Å²) in [5.74, 6) is 0.466. The summed E-state index contributed by atoms with van der Waals surface area (Å²) in [6, 6.07) is 22.6. The molecular weight excluding hydrogens is 404 g/mol. The molecule has 1 N–H and O–H groups in total. The lowest BCUT2D eigenvalue weighted by Gasteiger charge is -2.19. The number of carbonyl (C=O) groups excluding carboxylic acids is 1. The highest BCUT2D eigenvalue weighted by Crippen LogP contribution is 2.36. The number of benzene rings is 3. The largest absolute Gasteiger partial charge is 0.495 e. The van der Waals surface area contributed by atoms with Crippen LogP contribution in [-0.2, 0) is 21.6 Å². The third-order valence-corrected chi connectivity index (χ3v) is 6.08. The second-order valence-corrected chi connectivity index (χ2v) is 8.32. The normalized spacial score (nSPS) is 15.0. The quantitative estimate of drug-likeness (QED) is 0.657. The molecule has 3 aromatic carbocycles. The first-order valence-corrected chi connectivity index (χ1v) is 10.7. The number of nitrogens with zero attached hydrogens (tertiary/aromatic N) is 1. The Hall–Kier alpha value is -3.52. The van der Waals surface area contributed by atoms with Gasteiger partial charge < -0.3 is 9.47 Å². The Kier molecular flexibility index (Phi) is 5.33. The SMILES string of the molecule is COc1ccc(-c2cccc(OCc3ccccc3)c2)cc1N1CC(=O)NS1(=O)=O. The topological polar surface area (TPSA) is 84.9 Å². The Bertz CT molecular complexity index is 1180. The number of hydrogen-bond donors (Lipinski definition) is 1. The number of hydrogen-bond acceptors (Lipinski definition) is 5. The van der Waals surface area contributed by atoms with Gasteiger partial charge in [0.15, 0.2) is 0 Å². The second kappa shape index (κ2) is 8.08. The molecule has 4 rings (SSSR count). The van der Waals surface area contributed by atoms with Gasteiger partial charge in [0.25, 0.3) is 5.91 Å². The van der Waals surface area contributed by atoms with E-state index in [4.69, 9.17) is 9.47 Å². The molecule has 1 heterocycles. The fraction of sp³-hybridized carbons (Fsp3) is 0.136. The van der Waals surface area contributed by atoms with Gasteiger partial charge in [0.1, 0.15) is 24.7 Å². The summed E-state index contributed by atoms with van der Waals surface area (Å²) in [4.78, 5) is 11.6. The molecule has 0 atom stereocenters. The van der Waals surface area contributed by atoms with Crippen molar-refractivity contribution in [1.29, 1.82) is 0 Å². The predicted octanol–water partition coefficient (Wildman–Crippen LogP) is 3.12. The zero-order valence-corrected chi connectivity index (χ0v) is 17.1. The number of carbonyl (C=O) groups is 1. The van der Waals surface area contributed by atoms with Gasteiger partial charge in [-0.25, -0.2) is 9.03 Å². The van der Waals surface area contributed by atoms with E-state index in [9.17, 15) is 13.2 Å². The summed E-state index contributed by atoms with van der Waals surface area (Å²) < 4.78 is 38.8. The van der Waals surface area contributed by atoms with E-state index in [1.54, 1.807) is 12.1 Å². The Morgan fingerprint density at radius 1 is 0.967 bits per heavy atom. The molecule has 1 saturated heterocycles. The summed E-state index contributed by atoms with van der Waals surface area (Å²) in [6.45, 7) is 0.153. The third kappa shape index (κ3) is 4.08. The number of rotatable bonds is 6. The maximum absolute atomic E-state index is 12.3. The fourth-order valence-corrected chi connectivity index (χ4v) is 4.38. The van der Waals surface area contributed by atoms with Crippen LogP contribution >= 0.6 is 0 Å². The highest BCUT2D eigenvalue weighted by molar-refractivity contribution is 7.92. The molecule has 30 heavy (non-hydrogen) atoms. The lowest BCUT2D eigenvalue weighted by atomic mass is 10.0. The van der Waals surface area contributed by atoms with Crippen molar-refractivity contribution < 1.29 is 22.7 Å². The van der Waals surface area contributed by atoms with Crippen LogP contribution in [0.5, 0.6) is 11.5 Å². The van der Waals surface area contributed by atoms with E-state index in [0.29, 0.717) is 23.8 Å². The molecule has 1 aliphatic heterocycles. The fourth-order valence-electron chi connectivity index (χ4n) is 3.23. The number of nitrogens with one attached hydrogen (secondary N) is 1. The van der Waals surface area contributed by atoms with Crippen molar-refractivity contribution in [1.82, 2.24) is 4.72 Å². The monoisotopic (exact) mass is 424 g/mol. The zero-order valence-electron chi connectivity index (χ0n) is 16.2. The van der Waals surface area contributed by atoms with E-state index in [1.165, 1.54) is 7.11 Å². The van der Waals surface area contributed by atoms with Gasteiger partial charge in [0.05, 0.1) is 12.8 Å². The molecule has 3 aromatic rings. The van der Waals surface area contributed by atoms with Crippen LogP contribution in [0.15, 0.2) is 72.8 Å². The Morgan fingerprint density at radius 3 is 2.43 bits per heavy atom. The summed E-state index contributed by atoms with van der Waals surface area (Å²) in [5, 5.41) is 0. The molecule has 0 unspecified atom stereocenters. The second-order valence-electron chi connectivity index (χ2n) is 6.73. The smallest absolute Gasteiger partial charge is 0.326 e. The zero-order chi connectivity index (χ0) is 21.1. The van der Waals surface area contributed by atoms with Crippen molar-refractivity contribution in [2.75, 3.05) is 18.0 Å². The lowest BCUT2D eigenvalue weighted by molar-refractivity contribution is -0.117. The van der Waals surface area contributed by atoms with Crippen LogP contribution in [0.3, 0.4) is 0 Å². The van der Waals surface area contributed by atoms with E-state index < -0.39 is 16.1 Å². The van der Waals surface area contributed by atoms with Gasteiger partial charge in [0.2, 0.25) is 0 Å². The lowest BCUT2D eigenvalue weighted by Crippen LogP contribution is -2.29. The van der Waals surface area contributed by atoms with Gasteiger partial charge >= 0.3 is 10.2 Å². The molecule has 1 amide bonds. The van der Waals surface area contributed by atoms with Crippen molar-refractivity contribution in [3.05, 3.63) is 78.4 Å². The van der Waals surface area contributed by atoms with E-state index in [1.807, 2.05) is 65.4 Å². The van der Waals surface area contributed by atoms with Gasteiger partial charge in [-0.1, -0.05) is 48.5 Å². The van der Waals surface area contributed by atoms with Gasteiger partial charge in [-0.2, -0.15) is 8.42 Å². The third-order valence-electron chi connectivity index (χ3n) is 4.68. The number of amides is 1. The molecule has 1 aliphatic rings. The Morgan fingerprint density at radius 2 is 1.73 bits per heavy atom. The minimum Gasteiger partial charge on any atom is -0.495 e. The van der Waals surface area contributed by atoms with Crippen molar-refractivity contribution in [3.63, 3.8) is 0 Å². The van der Waals surface area contributed by atoms with Crippen molar-refractivity contribution >= 4 is 21.8 Å². The number of ether oxygens (including phenoxy) is 2. The summed E-state index contributed by atoms with van der Waals surface area (Å²) in [6.07, 6.45) is 0. The highest BCUT2D eigenvalue weighted by atomic mass is 32.2. The van der Waals surface area contributed by atoms with Crippen LogP contribution < -0.4 is 18.5 Å². The summed E-state index contributed by atoms with van der Waals surface area (Å²) in [5.41, 5.74) is 2.97. The molecule has 7 nitrogen and oxygen atoms in total. The minimum atomic E-state index is -3.94. The average Bonchev–Trinajstić information content (AvgIpc) is 3.04.